The highest BCUT2D eigenvalue weighted by Crippen LogP contribution is 2.34. The molecule has 0 aromatic carbocycles. The summed E-state index contributed by atoms with van der Waals surface area (Å²) in [7, 11) is 0. The van der Waals surface area contributed by atoms with E-state index < -0.39 is 0 Å². The Hall–Kier alpha value is -0.0400. The van der Waals surface area contributed by atoms with Gasteiger partial charge < -0.3 is 4.74 Å². The summed E-state index contributed by atoms with van der Waals surface area (Å²) in [5.41, 5.74) is 0. The fourth-order valence-electron chi connectivity index (χ4n) is 1.98. The van der Waals surface area contributed by atoms with Crippen LogP contribution in [0.5, 0.6) is 0 Å². The molecule has 0 N–H and O–H groups in total. The predicted molar refractivity (Wildman–Crippen MR) is 56.8 cm³/mol. The lowest BCUT2D eigenvalue weighted by molar-refractivity contribution is -0.0566. The van der Waals surface area contributed by atoms with Crippen molar-refractivity contribution in [1.29, 1.82) is 0 Å². The summed E-state index contributed by atoms with van der Waals surface area (Å²) in [6, 6.07) is 0. The summed E-state index contributed by atoms with van der Waals surface area (Å²) < 4.78 is 5.97. The van der Waals surface area contributed by atoms with E-state index in [9.17, 15) is 0 Å². The van der Waals surface area contributed by atoms with Crippen molar-refractivity contribution in [3.63, 3.8) is 0 Å². The van der Waals surface area contributed by atoms with Crippen molar-refractivity contribution < 1.29 is 4.74 Å². The number of rotatable bonds is 5. The fourth-order valence-corrected chi connectivity index (χ4v) is 1.98. The van der Waals surface area contributed by atoms with Crippen molar-refractivity contribution in [3.05, 3.63) is 0 Å². The molecule has 1 fully saturated rings. The van der Waals surface area contributed by atoms with Gasteiger partial charge in [0, 0.05) is 0 Å². The maximum Gasteiger partial charge on any atom is 0.0609 e. The van der Waals surface area contributed by atoms with Crippen molar-refractivity contribution in [1.82, 2.24) is 0 Å². The zero-order valence-electron chi connectivity index (χ0n) is 9.55. The largest absolute Gasteiger partial charge is 0.375 e. The molecule has 1 aliphatic rings. The standard InChI is InChI=1S/C12H24O/c1-9(2)8-12(13-10(3)4)11-6-5-7-11/h9-12H,5-8H2,1-4H3. The third-order valence-corrected chi connectivity index (χ3v) is 2.83. The Morgan fingerprint density at radius 3 is 2.08 bits per heavy atom. The Morgan fingerprint density at radius 1 is 1.15 bits per heavy atom. The molecule has 0 saturated heterocycles. The molecule has 78 valence electrons. The number of hydrogen-bond acceptors (Lipinski definition) is 1. The Kier molecular flexibility index (Phi) is 4.24. The van der Waals surface area contributed by atoms with Crippen LogP contribution >= 0.6 is 0 Å². The summed E-state index contributed by atoms with van der Waals surface area (Å²) in [6.45, 7) is 8.86. The highest BCUT2D eigenvalue weighted by atomic mass is 16.5. The van der Waals surface area contributed by atoms with Gasteiger partial charge in [0.2, 0.25) is 0 Å². The molecule has 1 nitrogen and oxygen atoms in total. The minimum absolute atomic E-state index is 0.393. The lowest BCUT2D eigenvalue weighted by atomic mass is 9.78. The molecular weight excluding hydrogens is 160 g/mol. The van der Waals surface area contributed by atoms with Crippen LogP contribution in [0.15, 0.2) is 0 Å². The van der Waals surface area contributed by atoms with Crippen molar-refractivity contribution in [2.75, 3.05) is 0 Å². The Labute approximate surface area is 82.9 Å². The van der Waals surface area contributed by atoms with Gasteiger partial charge in [-0.1, -0.05) is 20.3 Å². The molecule has 1 saturated carbocycles. The van der Waals surface area contributed by atoms with E-state index >= 15 is 0 Å². The maximum atomic E-state index is 5.97. The summed E-state index contributed by atoms with van der Waals surface area (Å²) in [5.74, 6) is 1.63. The Morgan fingerprint density at radius 2 is 1.77 bits per heavy atom. The van der Waals surface area contributed by atoms with E-state index in [1.54, 1.807) is 0 Å². The first kappa shape index (κ1) is 11.0. The third-order valence-electron chi connectivity index (χ3n) is 2.83. The van der Waals surface area contributed by atoms with E-state index in [-0.39, 0.29) is 0 Å². The van der Waals surface area contributed by atoms with Gasteiger partial charge in [0.25, 0.3) is 0 Å². The van der Waals surface area contributed by atoms with Crippen LogP contribution in [0.3, 0.4) is 0 Å². The second-order valence-corrected chi connectivity index (χ2v) is 5.04. The highest BCUT2D eigenvalue weighted by molar-refractivity contribution is 4.79. The zero-order chi connectivity index (χ0) is 9.84. The minimum Gasteiger partial charge on any atom is -0.375 e. The molecular formula is C12H24O. The molecule has 1 heteroatoms. The molecule has 0 bridgehead atoms. The molecule has 0 aliphatic heterocycles. The Bertz CT molecular complexity index is 126. The van der Waals surface area contributed by atoms with E-state index in [1.807, 2.05) is 0 Å². The average Bonchev–Trinajstić information content (AvgIpc) is 1.78. The van der Waals surface area contributed by atoms with Crippen LogP contribution in [0.4, 0.5) is 0 Å². The second-order valence-electron chi connectivity index (χ2n) is 5.04. The van der Waals surface area contributed by atoms with Crippen LogP contribution in [0.1, 0.15) is 53.4 Å². The molecule has 13 heavy (non-hydrogen) atoms. The topological polar surface area (TPSA) is 9.23 Å². The van der Waals surface area contributed by atoms with Crippen LogP contribution in [0.25, 0.3) is 0 Å². The molecule has 0 aromatic heterocycles. The SMILES string of the molecule is CC(C)CC(OC(C)C)C1CCC1. The number of hydrogen-bond donors (Lipinski definition) is 0. The molecule has 1 rings (SSSR count). The monoisotopic (exact) mass is 184 g/mol. The van der Waals surface area contributed by atoms with Crippen LogP contribution in [0, 0.1) is 11.8 Å². The van der Waals surface area contributed by atoms with E-state index in [1.165, 1.54) is 25.7 Å². The van der Waals surface area contributed by atoms with Crippen molar-refractivity contribution in [3.8, 4) is 0 Å². The fraction of sp³-hybridized carbons (Fsp3) is 1.00. The van der Waals surface area contributed by atoms with Gasteiger partial charge in [-0.05, 0) is 44.9 Å². The third kappa shape index (κ3) is 3.68. The van der Waals surface area contributed by atoms with Crippen molar-refractivity contribution >= 4 is 0 Å². The summed E-state index contributed by atoms with van der Waals surface area (Å²) in [4.78, 5) is 0. The predicted octanol–water partition coefficient (Wildman–Crippen LogP) is 3.63. The molecule has 0 spiro atoms. The van der Waals surface area contributed by atoms with Gasteiger partial charge in [-0.15, -0.1) is 0 Å². The van der Waals surface area contributed by atoms with Gasteiger partial charge in [0.05, 0.1) is 12.2 Å². The quantitative estimate of drug-likeness (QED) is 0.634. The van der Waals surface area contributed by atoms with E-state index in [2.05, 4.69) is 27.7 Å². The first-order chi connectivity index (χ1) is 6.09. The lowest BCUT2D eigenvalue weighted by Crippen LogP contribution is -2.32. The first-order valence-electron chi connectivity index (χ1n) is 5.75. The van der Waals surface area contributed by atoms with Crippen molar-refractivity contribution in [2.45, 2.75) is 65.6 Å². The van der Waals surface area contributed by atoms with Crippen LogP contribution in [-0.2, 0) is 4.74 Å². The van der Waals surface area contributed by atoms with Gasteiger partial charge in [0.1, 0.15) is 0 Å². The molecule has 1 aliphatic carbocycles. The van der Waals surface area contributed by atoms with Crippen molar-refractivity contribution in [2.24, 2.45) is 11.8 Å². The van der Waals surface area contributed by atoms with E-state index in [0.29, 0.717) is 12.2 Å². The molecule has 1 atom stereocenters. The molecule has 0 radical (unpaired) electrons. The molecule has 0 aromatic rings. The van der Waals surface area contributed by atoms with Gasteiger partial charge in [-0.2, -0.15) is 0 Å². The van der Waals surface area contributed by atoms with Crippen LogP contribution in [0.2, 0.25) is 0 Å². The average molecular weight is 184 g/mol. The molecule has 0 heterocycles. The summed E-state index contributed by atoms with van der Waals surface area (Å²) in [6.07, 6.45) is 6.37. The Balaban J connectivity index is 2.33. The summed E-state index contributed by atoms with van der Waals surface area (Å²) >= 11 is 0. The smallest absolute Gasteiger partial charge is 0.0609 e. The van der Waals surface area contributed by atoms with Gasteiger partial charge in [-0.3, -0.25) is 0 Å². The van der Waals surface area contributed by atoms with E-state index in [0.717, 1.165) is 11.8 Å². The first-order valence-corrected chi connectivity index (χ1v) is 5.75. The van der Waals surface area contributed by atoms with Gasteiger partial charge >= 0.3 is 0 Å². The van der Waals surface area contributed by atoms with Crippen LogP contribution < -0.4 is 0 Å². The minimum atomic E-state index is 0.393. The molecule has 1 unspecified atom stereocenters. The maximum absolute atomic E-state index is 5.97. The van der Waals surface area contributed by atoms with E-state index in [4.69, 9.17) is 4.74 Å². The van der Waals surface area contributed by atoms with Crippen LogP contribution in [-0.4, -0.2) is 12.2 Å². The highest BCUT2D eigenvalue weighted by Gasteiger charge is 2.28. The summed E-state index contributed by atoms with van der Waals surface area (Å²) in [5, 5.41) is 0. The van der Waals surface area contributed by atoms with Gasteiger partial charge in [0.15, 0.2) is 0 Å². The molecule has 0 amide bonds. The second kappa shape index (κ2) is 4.99. The zero-order valence-corrected chi connectivity index (χ0v) is 9.55. The lowest BCUT2D eigenvalue weighted by Gasteiger charge is -2.35. The number of ether oxygens (including phenoxy) is 1. The van der Waals surface area contributed by atoms with Gasteiger partial charge in [-0.25, -0.2) is 0 Å². The normalized spacial score (nSPS) is 20.8.